The van der Waals surface area contributed by atoms with E-state index in [9.17, 15) is 0 Å². The predicted octanol–water partition coefficient (Wildman–Crippen LogP) is 2.34. The molecular weight excluding hydrogens is 222 g/mol. The summed E-state index contributed by atoms with van der Waals surface area (Å²) in [6.07, 6.45) is 3.71. The van der Waals surface area contributed by atoms with Gasteiger partial charge in [0.25, 0.3) is 0 Å². The van der Waals surface area contributed by atoms with E-state index in [-0.39, 0.29) is 0 Å². The van der Waals surface area contributed by atoms with E-state index in [1.165, 1.54) is 18.4 Å². The molecule has 0 spiro atoms. The van der Waals surface area contributed by atoms with Crippen molar-refractivity contribution in [1.29, 1.82) is 0 Å². The highest BCUT2D eigenvalue weighted by molar-refractivity contribution is 5.80. The second kappa shape index (κ2) is 4.63. The van der Waals surface area contributed by atoms with Crippen LogP contribution in [-0.2, 0) is 0 Å². The molecule has 3 heteroatoms. The van der Waals surface area contributed by atoms with Crippen molar-refractivity contribution in [1.82, 2.24) is 4.90 Å². The molecule has 1 aromatic rings. The largest absolute Gasteiger partial charge is 0.370 e. The fraction of sp³-hybridized carbons (Fsp3) is 0.533. The first kappa shape index (κ1) is 11.6. The van der Waals surface area contributed by atoms with Crippen LogP contribution in [0.15, 0.2) is 35.3 Å². The van der Waals surface area contributed by atoms with Crippen LogP contribution in [-0.4, -0.2) is 29.5 Å². The maximum Gasteiger partial charge on any atom is 0.191 e. The van der Waals surface area contributed by atoms with E-state index in [2.05, 4.69) is 47.1 Å². The molecule has 3 rings (SSSR count). The first-order chi connectivity index (χ1) is 8.75. The summed E-state index contributed by atoms with van der Waals surface area (Å²) in [7, 11) is 0. The number of nitrogens with two attached hydrogens (primary N) is 1. The molecule has 2 aliphatic rings. The quantitative estimate of drug-likeness (QED) is 0.882. The minimum atomic E-state index is 0.507. The van der Waals surface area contributed by atoms with Gasteiger partial charge in [0.2, 0.25) is 0 Å². The molecule has 96 valence electrons. The maximum atomic E-state index is 6.00. The van der Waals surface area contributed by atoms with Gasteiger partial charge in [0.05, 0.1) is 12.6 Å². The summed E-state index contributed by atoms with van der Waals surface area (Å²) in [4.78, 5) is 6.79. The molecule has 2 atom stereocenters. The molecule has 0 aromatic heterocycles. The van der Waals surface area contributed by atoms with E-state index in [0.717, 1.165) is 18.9 Å². The van der Waals surface area contributed by atoms with Crippen molar-refractivity contribution in [3.63, 3.8) is 0 Å². The second-order valence-electron chi connectivity index (χ2n) is 5.54. The molecule has 3 nitrogen and oxygen atoms in total. The average molecular weight is 243 g/mol. The minimum absolute atomic E-state index is 0.507. The lowest BCUT2D eigenvalue weighted by molar-refractivity contribution is 0.302. The van der Waals surface area contributed by atoms with Crippen LogP contribution in [0.4, 0.5) is 0 Å². The lowest BCUT2D eigenvalue weighted by Crippen LogP contribution is -2.42. The van der Waals surface area contributed by atoms with Gasteiger partial charge in [0.1, 0.15) is 0 Å². The summed E-state index contributed by atoms with van der Waals surface area (Å²) in [6, 6.07) is 11.9. The molecule has 1 fully saturated rings. The average Bonchev–Trinajstić information content (AvgIpc) is 3.16. The Labute approximate surface area is 109 Å². The third-order valence-electron chi connectivity index (χ3n) is 4.06. The molecule has 0 saturated heterocycles. The normalized spacial score (nSPS) is 25.1. The van der Waals surface area contributed by atoms with E-state index in [0.29, 0.717) is 18.0 Å². The lowest BCUT2D eigenvalue weighted by atomic mass is 9.93. The van der Waals surface area contributed by atoms with Gasteiger partial charge in [-0.15, -0.1) is 0 Å². The maximum absolute atomic E-state index is 6.00. The minimum Gasteiger partial charge on any atom is -0.370 e. The molecule has 2 unspecified atom stereocenters. The Kier molecular flexibility index (Phi) is 2.98. The molecule has 1 aromatic carbocycles. The summed E-state index contributed by atoms with van der Waals surface area (Å²) < 4.78 is 0. The molecule has 2 N–H and O–H groups in total. The Morgan fingerprint density at radius 1 is 1.33 bits per heavy atom. The fourth-order valence-corrected chi connectivity index (χ4v) is 2.91. The topological polar surface area (TPSA) is 41.6 Å². The van der Waals surface area contributed by atoms with Crippen molar-refractivity contribution >= 4 is 5.96 Å². The van der Waals surface area contributed by atoms with Gasteiger partial charge in [-0.1, -0.05) is 37.3 Å². The molecule has 1 saturated carbocycles. The zero-order chi connectivity index (χ0) is 12.5. The highest BCUT2D eigenvalue weighted by Gasteiger charge is 2.38. The Morgan fingerprint density at radius 3 is 2.72 bits per heavy atom. The monoisotopic (exact) mass is 243 g/mol. The fourth-order valence-electron chi connectivity index (χ4n) is 2.91. The number of hydrogen-bond acceptors (Lipinski definition) is 3. The Balaban J connectivity index is 1.66. The second-order valence-corrected chi connectivity index (χ2v) is 5.54. The van der Waals surface area contributed by atoms with Crippen LogP contribution in [0.3, 0.4) is 0 Å². The molecular formula is C15H21N3. The summed E-state index contributed by atoms with van der Waals surface area (Å²) in [5.41, 5.74) is 7.42. The van der Waals surface area contributed by atoms with Crippen LogP contribution < -0.4 is 5.73 Å². The molecule has 18 heavy (non-hydrogen) atoms. The van der Waals surface area contributed by atoms with Crippen LogP contribution in [0.5, 0.6) is 0 Å². The summed E-state index contributed by atoms with van der Waals surface area (Å²) >= 11 is 0. The molecule has 0 bridgehead atoms. The van der Waals surface area contributed by atoms with Crippen molar-refractivity contribution < 1.29 is 0 Å². The van der Waals surface area contributed by atoms with Crippen LogP contribution >= 0.6 is 0 Å². The molecule has 1 heterocycles. The third kappa shape index (κ3) is 2.22. The van der Waals surface area contributed by atoms with Gasteiger partial charge in [-0.3, -0.25) is 4.99 Å². The summed E-state index contributed by atoms with van der Waals surface area (Å²) in [5, 5.41) is 0. The molecule has 0 amide bonds. The first-order valence-electron chi connectivity index (χ1n) is 6.89. The van der Waals surface area contributed by atoms with Crippen molar-refractivity contribution in [3.05, 3.63) is 35.9 Å². The highest BCUT2D eigenvalue weighted by atomic mass is 15.4. The van der Waals surface area contributed by atoms with Gasteiger partial charge in [0.15, 0.2) is 5.96 Å². The van der Waals surface area contributed by atoms with Gasteiger partial charge in [-0.25, -0.2) is 0 Å². The number of hydrogen-bond donors (Lipinski definition) is 1. The van der Waals surface area contributed by atoms with Crippen LogP contribution in [0.2, 0.25) is 0 Å². The van der Waals surface area contributed by atoms with Gasteiger partial charge in [-0.2, -0.15) is 0 Å². The molecule has 1 aliphatic heterocycles. The van der Waals surface area contributed by atoms with E-state index in [1.54, 1.807) is 0 Å². The predicted molar refractivity (Wildman–Crippen MR) is 74.6 cm³/mol. The molecule has 0 radical (unpaired) electrons. The Hall–Kier alpha value is -1.51. The van der Waals surface area contributed by atoms with Crippen molar-refractivity contribution in [3.8, 4) is 0 Å². The zero-order valence-corrected chi connectivity index (χ0v) is 10.9. The molecule has 1 aliphatic carbocycles. The zero-order valence-electron chi connectivity index (χ0n) is 10.9. The van der Waals surface area contributed by atoms with Crippen LogP contribution in [0.1, 0.15) is 37.7 Å². The van der Waals surface area contributed by atoms with E-state index >= 15 is 0 Å². The number of nitrogens with zero attached hydrogens (tertiary/aromatic N) is 2. The number of guanidine groups is 1. The number of aliphatic imine (C=N–C) groups is 1. The standard InChI is InChI=1S/C15H21N3/c1-11(12-5-3-2-4-6-12)9-14-10-17-15(16)18(14)13-7-8-13/h2-6,11,13-14H,7-10H2,1H3,(H2,16,17). The first-order valence-corrected chi connectivity index (χ1v) is 6.89. The SMILES string of the molecule is CC(CC1CN=C(N)N1C1CC1)c1ccccc1. The van der Waals surface area contributed by atoms with Crippen LogP contribution in [0.25, 0.3) is 0 Å². The van der Waals surface area contributed by atoms with Gasteiger partial charge >= 0.3 is 0 Å². The van der Waals surface area contributed by atoms with E-state index < -0.39 is 0 Å². The Bertz CT molecular complexity index is 436. The lowest BCUT2D eigenvalue weighted by Gasteiger charge is -2.28. The summed E-state index contributed by atoms with van der Waals surface area (Å²) in [6.45, 7) is 3.18. The smallest absolute Gasteiger partial charge is 0.191 e. The third-order valence-corrected chi connectivity index (χ3v) is 4.06. The van der Waals surface area contributed by atoms with Crippen molar-refractivity contribution in [2.45, 2.75) is 44.2 Å². The van der Waals surface area contributed by atoms with Gasteiger partial charge in [0, 0.05) is 6.04 Å². The van der Waals surface area contributed by atoms with E-state index in [4.69, 9.17) is 5.73 Å². The number of benzene rings is 1. The van der Waals surface area contributed by atoms with Crippen molar-refractivity contribution in [2.24, 2.45) is 10.7 Å². The van der Waals surface area contributed by atoms with Crippen LogP contribution in [0, 0.1) is 0 Å². The Morgan fingerprint density at radius 2 is 2.06 bits per heavy atom. The van der Waals surface area contributed by atoms with Gasteiger partial charge < -0.3 is 10.6 Å². The number of rotatable bonds is 4. The van der Waals surface area contributed by atoms with Gasteiger partial charge in [-0.05, 0) is 30.7 Å². The van der Waals surface area contributed by atoms with Crippen molar-refractivity contribution in [2.75, 3.05) is 6.54 Å². The highest BCUT2D eigenvalue weighted by Crippen LogP contribution is 2.34. The van der Waals surface area contributed by atoms with E-state index in [1.807, 2.05) is 0 Å². The summed E-state index contributed by atoms with van der Waals surface area (Å²) in [5.74, 6) is 1.33.